The molecule has 252 valence electrons. The van der Waals surface area contributed by atoms with Crippen molar-refractivity contribution >= 4 is 35.1 Å². The lowest BCUT2D eigenvalue weighted by Crippen LogP contribution is -2.37. The highest BCUT2D eigenvalue weighted by atomic mass is 16.6. The summed E-state index contributed by atoms with van der Waals surface area (Å²) >= 11 is 0. The Balaban J connectivity index is 1.37. The van der Waals surface area contributed by atoms with Gasteiger partial charge in [0.05, 0.1) is 31.7 Å². The summed E-state index contributed by atoms with van der Waals surface area (Å²) in [6.07, 6.45) is 3.87. The molecule has 4 amide bonds. The molecule has 0 bridgehead atoms. The minimum Gasteiger partial charge on any atom is -0.497 e. The Hall–Kier alpha value is -4.68. The Labute approximate surface area is 276 Å². The normalized spacial score (nSPS) is 13.4. The number of hydrogen-bond acceptors (Lipinski definition) is 8. The maximum atomic E-state index is 13.4. The van der Waals surface area contributed by atoms with Gasteiger partial charge in [0.2, 0.25) is 0 Å². The van der Waals surface area contributed by atoms with Gasteiger partial charge in [0.25, 0.3) is 5.91 Å². The average Bonchev–Trinajstić information content (AvgIpc) is 3.05. The van der Waals surface area contributed by atoms with Crippen molar-refractivity contribution in [2.24, 2.45) is 0 Å². The number of benzene rings is 2. The van der Waals surface area contributed by atoms with Gasteiger partial charge in [-0.3, -0.25) is 20.0 Å². The summed E-state index contributed by atoms with van der Waals surface area (Å²) in [5.74, 6) is 0.266. The molecule has 1 aliphatic rings. The van der Waals surface area contributed by atoms with Gasteiger partial charge >= 0.3 is 12.1 Å². The van der Waals surface area contributed by atoms with Crippen LogP contribution in [0.1, 0.15) is 56.1 Å². The van der Waals surface area contributed by atoms with Gasteiger partial charge in [0.15, 0.2) is 0 Å². The van der Waals surface area contributed by atoms with Crippen LogP contribution < -0.4 is 20.7 Å². The number of amides is 4. The summed E-state index contributed by atoms with van der Waals surface area (Å²) in [5.41, 5.74) is 1.78. The summed E-state index contributed by atoms with van der Waals surface area (Å²) in [7, 11) is 1.60. The molecule has 1 fully saturated rings. The molecule has 47 heavy (non-hydrogen) atoms. The molecule has 0 spiro atoms. The Morgan fingerprint density at radius 3 is 2.23 bits per heavy atom. The monoisotopic (exact) mass is 646 g/mol. The molecule has 0 aliphatic carbocycles. The van der Waals surface area contributed by atoms with Crippen LogP contribution in [0.4, 0.5) is 26.7 Å². The van der Waals surface area contributed by atoms with Crippen molar-refractivity contribution < 1.29 is 28.6 Å². The third kappa shape index (κ3) is 11.9. The molecule has 1 aliphatic heterocycles. The third-order valence-corrected chi connectivity index (χ3v) is 7.38. The van der Waals surface area contributed by atoms with Crippen molar-refractivity contribution in [3.05, 3.63) is 78.1 Å². The standard InChI is InChI=1S/C35H46N6O6/c1-35(2,3)47-34(44)39-30-11-7-6-10-29(30)38-32(42)31-17-12-26(24-36-31)25-41(19-9-5-8-18-40-20-22-46-23-21-40)33(43)37-27-13-15-28(45-4)16-14-27/h6-7,10-17,24H,5,8-9,18-23,25H2,1-4H3,(H,37,43)(H,38,42)(H,39,44). The number of pyridine rings is 1. The van der Waals surface area contributed by atoms with E-state index in [2.05, 4.69) is 25.8 Å². The molecule has 1 aromatic heterocycles. The average molecular weight is 647 g/mol. The largest absolute Gasteiger partial charge is 0.497 e. The van der Waals surface area contributed by atoms with Gasteiger partial charge in [-0.2, -0.15) is 0 Å². The van der Waals surface area contributed by atoms with E-state index in [0.717, 1.165) is 57.7 Å². The number of aromatic nitrogens is 1. The number of para-hydroxylation sites is 2. The SMILES string of the molecule is COc1ccc(NC(=O)N(CCCCCN2CCOCC2)Cc2ccc(C(=O)Nc3ccccc3NC(=O)OC(C)(C)C)nc2)cc1. The molecule has 0 saturated carbocycles. The third-order valence-electron chi connectivity index (χ3n) is 7.38. The van der Waals surface area contributed by atoms with E-state index < -0.39 is 17.6 Å². The smallest absolute Gasteiger partial charge is 0.412 e. The summed E-state index contributed by atoms with van der Waals surface area (Å²) in [6, 6.07) is 17.2. The quantitative estimate of drug-likeness (QED) is 0.186. The Morgan fingerprint density at radius 2 is 1.60 bits per heavy atom. The first-order valence-corrected chi connectivity index (χ1v) is 15.9. The van der Waals surface area contributed by atoms with Crippen LogP contribution in [0.3, 0.4) is 0 Å². The van der Waals surface area contributed by atoms with E-state index in [1.165, 1.54) is 0 Å². The van der Waals surface area contributed by atoms with E-state index >= 15 is 0 Å². The second-order valence-corrected chi connectivity index (χ2v) is 12.3. The number of carbonyl (C=O) groups excluding carboxylic acids is 3. The minimum atomic E-state index is -0.664. The Bertz CT molecular complexity index is 1450. The van der Waals surface area contributed by atoms with E-state index in [1.54, 1.807) is 99.6 Å². The Morgan fingerprint density at radius 1 is 0.894 bits per heavy atom. The van der Waals surface area contributed by atoms with Crippen LogP contribution in [-0.4, -0.2) is 84.9 Å². The fraction of sp³-hybridized carbons (Fsp3) is 0.429. The number of anilines is 3. The molecule has 3 aromatic rings. The van der Waals surface area contributed by atoms with Crippen molar-refractivity contribution in [2.45, 2.75) is 52.2 Å². The molecular formula is C35H46N6O6. The van der Waals surface area contributed by atoms with E-state index in [9.17, 15) is 14.4 Å². The van der Waals surface area contributed by atoms with E-state index in [0.29, 0.717) is 35.9 Å². The molecular weight excluding hydrogens is 600 g/mol. The number of ether oxygens (including phenoxy) is 3. The molecule has 0 atom stereocenters. The molecule has 3 N–H and O–H groups in total. The highest BCUT2D eigenvalue weighted by Crippen LogP contribution is 2.23. The van der Waals surface area contributed by atoms with Gasteiger partial charge in [-0.05, 0) is 88.2 Å². The van der Waals surface area contributed by atoms with Crippen LogP contribution in [0.25, 0.3) is 0 Å². The molecule has 12 heteroatoms. The number of methoxy groups -OCH3 is 1. The number of unbranched alkanes of at least 4 members (excludes halogenated alkanes) is 2. The zero-order valence-corrected chi connectivity index (χ0v) is 27.7. The number of morpholine rings is 1. The predicted molar refractivity (Wildman–Crippen MR) is 182 cm³/mol. The van der Waals surface area contributed by atoms with Crippen LogP contribution in [0.5, 0.6) is 5.75 Å². The zero-order chi connectivity index (χ0) is 33.6. The summed E-state index contributed by atoms with van der Waals surface area (Å²) in [5, 5.41) is 8.46. The second kappa shape index (κ2) is 17.3. The first kappa shape index (κ1) is 35.2. The van der Waals surface area contributed by atoms with Crippen molar-refractivity contribution in [3.63, 3.8) is 0 Å². The number of rotatable bonds is 13. The summed E-state index contributed by atoms with van der Waals surface area (Å²) in [4.78, 5) is 47.3. The predicted octanol–water partition coefficient (Wildman–Crippen LogP) is 6.23. The molecule has 2 aromatic carbocycles. The van der Waals surface area contributed by atoms with Crippen LogP contribution in [0.2, 0.25) is 0 Å². The molecule has 0 radical (unpaired) electrons. The van der Waals surface area contributed by atoms with E-state index in [4.69, 9.17) is 14.2 Å². The van der Waals surface area contributed by atoms with Crippen molar-refractivity contribution in [3.8, 4) is 5.75 Å². The van der Waals surface area contributed by atoms with Gasteiger partial charge in [0, 0.05) is 38.1 Å². The maximum absolute atomic E-state index is 13.4. The summed E-state index contributed by atoms with van der Waals surface area (Å²) in [6.45, 7) is 10.7. The van der Waals surface area contributed by atoms with Crippen LogP contribution >= 0.6 is 0 Å². The number of nitrogens with one attached hydrogen (secondary N) is 3. The number of nitrogens with zero attached hydrogens (tertiary/aromatic N) is 3. The molecule has 4 rings (SSSR count). The lowest BCUT2D eigenvalue weighted by molar-refractivity contribution is 0.0371. The lowest BCUT2D eigenvalue weighted by Gasteiger charge is -2.27. The topological polar surface area (TPSA) is 134 Å². The molecule has 2 heterocycles. The molecule has 1 saturated heterocycles. The first-order valence-electron chi connectivity index (χ1n) is 15.9. The summed E-state index contributed by atoms with van der Waals surface area (Å²) < 4.78 is 16.0. The Kier molecular flexibility index (Phi) is 12.9. The van der Waals surface area contributed by atoms with Crippen LogP contribution in [-0.2, 0) is 16.0 Å². The maximum Gasteiger partial charge on any atom is 0.412 e. The van der Waals surface area contributed by atoms with Crippen LogP contribution in [0.15, 0.2) is 66.9 Å². The van der Waals surface area contributed by atoms with Gasteiger partial charge < -0.3 is 29.7 Å². The van der Waals surface area contributed by atoms with Gasteiger partial charge in [0.1, 0.15) is 17.0 Å². The van der Waals surface area contributed by atoms with E-state index in [1.807, 2.05) is 0 Å². The highest BCUT2D eigenvalue weighted by molar-refractivity contribution is 6.05. The van der Waals surface area contributed by atoms with E-state index in [-0.39, 0.29) is 11.7 Å². The van der Waals surface area contributed by atoms with Crippen LogP contribution in [0, 0.1) is 0 Å². The molecule has 0 unspecified atom stereocenters. The second-order valence-electron chi connectivity index (χ2n) is 12.3. The lowest BCUT2D eigenvalue weighted by atomic mass is 10.2. The fourth-order valence-electron chi connectivity index (χ4n) is 4.94. The number of urea groups is 1. The minimum absolute atomic E-state index is 0.193. The van der Waals surface area contributed by atoms with Crippen molar-refractivity contribution in [1.29, 1.82) is 0 Å². The molecule has 12 nitrogen and oxygen atoms in total. The number of carbonyl (C=O) groups is 3. The first-order chi connectivity index (χ1) is 22.6. The fourth-order valence-corrected chi connectivity index (χ4v) is 4.94. The number of hydrogen-bond donors (Lipinski definition) is 3. The van der Waals surface area contributed by atoms with Crippen molar-refractivity contribution in [1.82, 2.24) is 14.8 Å². The van der Waals surface area contributed by atoms with Crippen molar-refractivity contribution in [2.75, 3.05) is 62.5 Å². The zero-order valence-electron chi connectivity index (χ0n) is 27.7. The van der Waals surface area contributed by atoms with Gasteiger partial charge in [-0.1, -0.05) is 24.6 Å². The van der Waals surface area contributed by atoms with Gasteiger partial charge in [-0.25, -0.2) is 9.59 Å². The highest BCUT2D eigenvalue weighted by Gasteiger charge is 2.19. The van der Waals surface area contributed by atoms with Gasteiger partial charge in [-0.15, -0.1) is 0 Å².